The summed E-state index contributed by atoms with van der Waals surface area (Å²) in [6.45, 7) is 2.10. The summed E-state index contributed by atoms with van der Waals surface area (Å²) in [7, 11) is 1.68. The molecule has 5 nitrogen and oxygen atoms in total. The summed E-state index contributed by atoms with van der Waals surface area (Å²) in [6.07, 6.45) is 4.62. The molecule has 2 aliphatic carbocycles. The molecular weight excluding hydrogens is 220 g/mol. The molecule has 0 heterocycles. The molecule has 2 aliphatic rings. The Kier molecular flexibility index (Phi) is 4.36. The molecule has 2 N–H and O–H groups in total. The van der Waals surface area contributed by atoms with E-state index >= 15 is 0 Å². The van der Waals surface area contributed by atoms with E-state index in [9.17, 15) is 9.90 Å². The van der Waals surface area contributed by atoms with Gasteiger partial charge in [0.15, 0.2) is 0 Å². The zero-order valence-corrected chi connectivity index (χ0v) is 10.4. The van der Waals surface area contributed by atoms with E-state index in [1.165, 1.54) is 12.8 Å². The van der Waals surface area contributed by atoms with Gasteiger partial charge in [-0.05, 0) is 25.7 Å². The van der Waals surface area contributed by atoms with E-state index in [2.05, 4.69) is 10.2 Å². The molecule has 2 rings (SSSR count). The molecule has 17 heavy (non-hydrogen) atoms. The van der Waals surface area contributed by atoms with Gasteiger partial charge in [0.25, 0.3) is 0 Å². The van der Waals surface area contributed by atoms with Crippen molar-refractivity contribution >= 4 is 5.97 Å². The van der Waals surface area contributed by atoms with E-state index in [1.807, 2.05) is 0 Å². The van der Waals surface area contributed by atoms with Gasteiger partial charge in [0.1, 0.15) is 6.04 Å². The van der Waals surface area contributed by atoms with Crippen LogP contribution in [0.2, 0.25) is 0 Å². The first kappa shape index (κ1) is 12.8. The number of ether oxygens (including phenoxy) is 1. The van der Waals surface area contributed by atoms with Crippen LogP contribution in [0.1, 0.15) is 25.7 Å². The Morgan fingerprint density at radius 3 is 2.65 bits per heavy atom. The summed E-state index contributed by atoms with van der Waals surface area (Å²) in [5.74, 6) is -0.736. The maximum absolute atomic E-state index is 11.2. The summed E-state index contributed by atoms with van der Waals surface area (Å²) in [4.78, 5) is 13.4. The second-order valence-electron chi connectivity index (χ2n) is 5.05. The molecule has 0 amide bonds. The Morgan fingerprint density at radius 2 is 2.18 bits per heavy atom. The minimum absolute atomic E-state index is 0.430. The van der Waals surface area contributed by atoms with E-state index in [4.69, 9.17) is 4.74 Å². The highest BCUT2D eigenvalue weighted by molar-refractivity contribution is 5.73. The molecule has 5 heteroatoms. The molecule has 0 aliphatic heterocycles. The molecule has 0 spiro atoms. The molecule has 0 aromatic heterocycles. The molecule has 0 bridgehead atoms. The summed E-state index contributed by atoms with van der Waals surface area (Å²) >= 11 is 0. The topological polar surface area (TPSA) is 61.8 Å². The molecular formula is C12H22N2O3. The van der Waals surface area contributed by atoms with E-state index in [0.717, 1.165) is 19.4 Å². The SMILES string of the molecule is COCCN(CC(NC1CC1)C(=O)O)C1CC1. The number of carbonyl (C=O) groups is 1. The van der Waals surface area contributed by atoms with Crippen LogP contribution in [0, 0.1) is 0 Å². The number of methoxy groups -OCH3 is 1. The zero-order valence-electron chi connectivity index (χ0n) is 10.4. The lowest BCUT2D eigenvalue weighted by Crippen LogP contribution is -2.48. The van der Waals surface area contributed by atoms with Gasteiger partial charge in [-0.15, -0.1) is 0 Å². The number of nitrogens with zero attached hydrogens (tertiary/aromatic N) is 1. The summed E-state index contributed by atoms with van der Waals surface area (Å²) in [5, 5.41) is 12.4. The van der Waals surface area contributed by atoms with Crippen LogP contribution in [-0.2, 0) is 9.53 Å². The highest BCUT2D eigenvalue weighted by Crippen LogP contribution is 2.27. The third kappa shape index (κ3) is 4.26. The number of hydrogen-bond acceptors (Lipinski definition) is 4. The first-order valence-corrected chi connectivity index (χ1v) is 6.42. The van der Waals surface area contributed by atoms with Crippen molar-refractivity contribution in [2.45, 2.75) is 43.8 Å². The fraction of sp³-hybridized carbons (Fsp3) is 0.917. The third-order valence-corrected chi connectivity index (χ3v) is 3.38. The number of carboxylic acids is 1. The van der Waals surface area contributed by atoms with Crippen LogP contribution in [-0.4, -0.2) is 60.9 Å². The average molecular weight is 242 g/mol. The Labute approximate surface area is 102 Å². The first-order valence-electron chi connectivity index (χ1n) is 6.42. The standard InChI is InChI=1S/C12H22N2O3/c1-17-7-6-14(10-4-5-10)8-11(12(15)16)13-9-2-3-9/h9-11,13H,2-8H2,1H3,(H,15,16). The monoisotopic (exact) mass is 242 g/mol. The maximum Gasteiger partial charge on any atom is 0.322 e. The van der Waals surface area contributed by atoms with Crippen molar-refractivity contribution in [2.24, 2.45) is 0 Å². The Bertz CT molecular complexity index is 264. The van der Waals surface area contributed by atoms with Gasteiger partial charge in [0, 0.05) is 32.3 Å². The summed E-state index contributed by atoms with van der Waals surface area (Å²) in [5.41, 5.74) is 0. The van der Waals surface area contributed by atoms with E-state index in [1.54, 1.807) is 7.11 Å². The molecule has 98 valence electrons. The van der Waals surface area contributed by atoms with E-state index < -0.39 is 12.0 Å². The maximum atomic E-state index is 11.2. The lowest BCUT2D eigenvalue weighted by atomic mass is 10.2. The quantitative estimate of drug-likeness (QED) is 0.609. The minimum Gasteiger partial charge on any atom is -0.480 e. The lowest BCUT2D eigenvalue weighted by Gasteiger charge is -2.25. The van der Waals surface area contributed by atoms with Gasteiger partial charge in [-0.1, -0.05) is 0 Å². The van der Waals surface area contributed by atoms with Crippen molar-refractivity contribution in [1.82, 2.24) is 10.2 Å². The van der Waals surface area contributed by atoms with Crippen LogP contribution < -0.4 is 5.32 Å². The second-order valence-corrected chi connectivity index (χ2v) is 5.05. The fourth-order valence-electron chi connectivity index (χ4n) is 2.04. The van der Waals surface area contributed by atoms with Crippen molar-refractivity contribution in [3.8, 4) is 0 Å². The highest BCUT2D eigenvalue weighted by atomic mass is 16.5. The highest BCUT2D eigenvalue weighted by Gasteiger charge is 2.34. The summed E-state index contributed by atoms with van der Waals surface area (Å²) < 4.78 is 5.08. The van der Waals surface area contributed by atoms with Gasteiger partial charge in [0.2, 0.25) is 0 Å². The van der Waals surface area contributed by atoms with Crippen LogP contribution in [0.5, 0.6) is 0 Å². The number of carboxylic acid groups (broad SMARTS) is 1. The zero-order chi connectivity index (χ0) is 12.3. The van der Waals surface area contributed by atoms with Crippen LogP contribution in [0.4, 0.5) is 0 Å². The second kappa shape index (κ2) is 5.80. The Morgan fingerprint density at radius 1 is 1.47 bits per heavy atom. The van der Waals surface area contributed by atoms with Gasteiger partial charge >= 0.3 is 5.97 Å². The number of nitrogens with one attached hydrogen (secondary N) is 1. The molecule has 0 saturated heterocycles. The lowest BCUT2D eigenvalue weighted by molar-refractivity contribution is -0.140. The Hall–Kier alpha value is -0.650. The van der Waals surface area contributed by atoms with Gasteiger partial charge in [0.05, 0.1) is 6.61 Å². The van der Waals surface area contributed by atoms with Crippen LogP contribution in [0.15, 0.2) is 0 Å². The molecule has 0 aromatic rings. The van der Waals surface area contributed by atoms with Crippen LogP contribution in [0.25, 0.3) is 0 Å². The predicted octanol–water partition coefficient (Wildman–Crippen LogP) is 0.302. The number of rotatable bonds is 9. The molecule has 0 aromatic carbocycles. The van der Waals surface area contributed by atoms with Crippen molar-refractivity contribution in [1.29, 1.82) is 0 Å². The predicted molar refractivity (Wildman–Crippen MR) is 64.1 cm³/mol. The Balaban J connectivity index is 1.81. The van der Waals surface area contributed by atoms with Crippen LogP contribution >= 0.6 is 0 Å². The average Bonchev–Trinajstić information content (AvgIpc) is 3.15. The smallest absolute Gasteiger partial charge is 0.322 e. The molecule has 1 unspecified atom stereocenters. The first-order chi connectivity index (χ1) is 8.20. The van der Waals surface area contributed by atoms with Gasteiger partial charge in [-0.25, -0.2) is 0 Å². The number of aliphatic carboxylic acids is 1. The normalized spacial score (nSPS) is 21.8. The molecule has 1 atom stereocenters. The van der Waals surface area contributed by atoms with Crippen molar-refractivity contribution < 1.29 is 14.6 Å². The largest absolute Gasteiger partial charge is 0.480 e. The van der Waals surface area contributed by atoms with Crippen molar-refractivity contribution in [3.63, 3.8) is 0 Å². The third-order valence-electron chi connectivity index (χ3n) is 3.38. The molecule has 0 radical (unpaired) electrons. The van der Waals surface area contributed by atoms with Gasteiger partial charge in [-0.2, -0.15) is 0 Å². The van der Waals surface area contributed by atoms with Gasteiger partial charge < -0.3 is 15.2 Å². The fourth-order valence-corrected chi connectivity index (χ4v) is 2.04. The van der Waals surface area contributed by atoms with Crippen molar-refractivity contribution in [2.75, 3.05) is 26.8 Å². The number of hydrogen-bond donors (Lipinski definition) is 2. The van der Waals surface area contributed by atoms with E-state index in [0.29, 0.717) is 25.2 Å². The van der Waals surface area contributed by atoms with Crippen molar-refractivity contribution in [3.05, 3.63) is 0 Å². The van der Waals surface area contributed by atoms with Crippen LogP contribution in [0.3, 0.4) is 0 Å². The molecule has 2 fully saturated rings. The minimum atomic E-state index is -0.736. The van der Waals surface area contributed by atoms with Gasteiger partial charge in [-0.3, -0.25) is 9.69 Å². The molecule has 2 saturated carbocycles. The summed E-state index contributed by atoms with van der Waals surface area (Å²) in [6, 6.07) is 0.576. The van der Waals surface area contributed by atoms with E-state index in [-0.39, 0.29) is 0 Å².